The van der Waals surface area contributed by atoms with E-state index in [-0.39, 0.29) is 0 Å². The number of carbonyl (C=O) groups excluding carboxylic acids is 1. The SMILES string of the molecule is CCOC=O.CCc1cnc[nH]1. The third-order valence-electron chi connectivity index (χ3n) is 1.17. The Kier molecular flexibility index (Phi) is 6.93. The van der Waals surface area contributed by atoms with Crippen LogP contribution in [0.4, 0.5) is 0 Å². The molecule has 0 radical (unpaired) electrons. The van der Waals surface area contributed by atoms with E-state index < -0.39 is 0 Å². The van der Waals surface area contributed by atoms with Crippen LogP contribution in [0.1, 0.15) is 19.5 Å². The molecule has 0 atom stereocenters. The first kappa shape index (κ1) is 10.7. The first-order chi connectivity index (χ1) is 5.85. The van der Waals surface area contributed by atoms with Gasteiger partial charge in [-0.3, -0.25) is 4.79 Å². The fourth-order valence-corrected chi connectivity index (χ4v) is 0.546. The molecule has 0 aliphatic carbocycles. The Morgan fingerprint density at radius 1 is 1.67 bits per heavy atom. The van der Waals surface area contributed by atoms with Gasteiger partial charge in [-0.2, -0.15) is 0 Å². The Labute approximate surface area is 72.0 Å². The minimum Gasteiger partial charge on any atom is -0.468 e. The van der Waals surface area contributed by atoms with Gasteiger partial charge in [-0.1, -0.05) is 6.92 Å². The van der Waals surface area contributed by atoms with Crippen LogP contribution in [0.5, 0.6) is 0 Å². The van der Waals surface area contributed by atoms with Crippen molar-refractivity contribution >= 4 is 6.47 Å². The highest BCUT2D eigenvalue weighted by molar-refractivity contribution is 5.36. The summed E-state index contributed by atoms with van der Waals surface area (Å²) in [5, 5.41) is 0. The van der Waals surface area contributed by atoms with Gasteiger partial charge in [0, 0.05) is 11.9 Å². The summed E-state index contributed by atoms with van der Waals surface area (Å²) in [6, 6.07) is 0. The third-order valence-corrected chi connectivity index (χ3v) is 1.17. The number of nitrogens with zero attached hydrogens (tertiary/aromatic N) is 1. The van der Waals surface area contributed by atoms with Crippen LogP contribution in [0.15, 0.2) is 12.5 Å². The van der Waals surface area contributed by atoms with Crippen LogP contribution in [-0.2, 0) is 16.0 Å². The fourth-order valence-electron chi connectivity index (χ4n) is 0.546. The zero-order valence-corrected chi connectivity index (χ0v) is 7.41. The molecule has 0 saturated heterocycles. The van der Waals surface area contributed by atoms with Gasteiger partial charge in [0.05, 0.1) is 12.9 Å². The summed E-state index contributed by atoms with van der Waals surface area (Å²) in [4.78, 5) is 16.0. The summed E-state index contributed by atoms with van der Waals surface area (Å²) in [5.41, 5.74) is 1.19. The van der Waals surface area contributed by atoms with E-state index in [0.29, 0.717) is 13.1 Å². The molecule has 1 rings (SSSR count). The number of carbonyl (C=O) groups is 1. The van der Waals surface area contributed by atoms with Crippen molar-refractivity contribution in [3.8, 4) is 0 Å². The molecule has 0 amide bonds. The molecule has 0 aliphatic rings. The van der Waals surface area contributed by atoms with E-state index in [1.165, 1.54) is 5.69 Å². The average Bonchev–Trinajstić information content (AvgIpc) is 2.58. The van der Waals surface area contributed by atoms with Crippen LogP contribution in [0, 0.1) is 0 Å². The minimum atomic E-state index is 0.431. The molecule has 4 heteroatoms. The number of aromatic nitrogens is 2. The normalized spacial score (nSPS) is 8.17. The zero-order valence-electron chi connectivity index (χ0n) is 7.41. The van der Waals surface area contributed by atoms with Crippen LogP contribution in [0.2, 0.25) is 0 Å². The average molecular weight is 170 g/mol. The summed E-state index contributed by atoms with van der Waals surface area (Å²) in [5.74, 6) is 0. The van der Waals surface area contributed by atoms with Crippen molar-refractivity contribution in [2.24, 2.45) is 0 Å². The Morgan fingerprint density at radius 2 is 2.42 bits per heavy atom. The van der Waals surface area contributed by atoms with Crippen LogP contribution in [-0.4, -0.2) is 23.0 Å². The third kappa shape index (κ3) is 5.46. The molecule has 68 valence electrons. The minimum absolute atomic E-state index is 0.431. The monoisotopic (exact) mass is 170 g/mol. The number of hydrogen-bond acceptors (Lipinski definition) is 3. The molecule has 12 heavy (non-hydrogen) atoms. The molecule has 0 unspecified atom stereocenters. The summed E-state index contributed by atoms with van der Waals surface area (Å²) in [7, 11) is 0. The number of nitrogens with one attached hydrogen (secondary N) is 1. The lowest BCUT2D eigenvalue weighted by Gasteiger charge is -1.79. The fraction of sp³-hybridized carbons (Fsp3) is 0.500. The van der Waals surface area contributed by atoms with E-state index in [2.05, 4.69) is 21.6 Å². The van der Waals surface area contributed by atoms with Gasteiger partial charge in [0.1, 0.15) is 0 Å². The van der Waals surface area contributed by atoms with Gasteiger partial charge in [0.25, 0.3) is 6.47 Å². The van der Waals surface area contributed by atoms with Crippen molar-refractivity contribution in [1.29, 1.82) is 0 Å². The van der Waals surface area contributed by atoms with Crippen molar-refractivity contribution < 1.29 is 9.53 Å². The number of rotatable bonds is 3. The van der Waals surface area contributed by atoms with E-state index in [4.69, 9.17) is 0 Å². The van der Waals surface area contributed by atoms with Crippen molar-refractivity contribution in [1.82, 2.24) is 9.97 Å². The van der Waals surface area contributed by atoms with Gasteiger partial charge in [0.15, 0.2) is 0 Å². The van der Waals surface area contributed by atoms with E-state index >= 15 is 0 Å². The second kappa shape index (κ2) is 7.78. The standard InChI is InChI=1S/C5H8N2.C3H6O2/c1-2-5-3-6-4-7-5;1-2-5-3-4/h3-4H,2H2,1H3,(H,6,7);3H,2H2,1H3. The molecule has 1 aromatic heterocycles. The first-order valence-electron chi connectivity index (χ1n) is 3.87. The molecule has 0 aromatic carbocycles. The second-order valence-corrected chi connectivity index (χ2v) is 1.98. The van der Waals surface area contributed by atoms with Gasteiger partial charge >= 0.3 is 0 Å². The lowest BCUT2D eigenvalue weighted by molar-refractivity contribution is -0.128. The maximum Gasteiger partial charge on any atom is 0.293 e. The van der Waals surface area contributed by atoms with Crippen LogP contribution in [0.3, 0.4) is 0 Å². The van der Waals surface area contributed by atoms with E-state index in [1.807, 2.05) is 6.20 Å². The Balaban J connectivity index is 0.000000217. The molecule has 0 spiro atoms. The zero-order chi connectivity index (χ0) is 9.23. The van der Waals surface area contributed by atoms with E-state index in [1.54, 1.807) is 13.3 Å². The second-order valence-electron chi connectivity index (χ2n) is 1.98. The molecule has 1 aromatic rings. The Morgan fingerprint density at radius 3 is 2.58 bits per heavy atom. The molecular weight excluding hydrogens is 156 g/mol. The molecule has 4 nitrogen and oxygen atoms in total. The Bertz CT molecular complexity index is 185. The van der Waals surface area contributed by atoms with Crippen molar-refractivity contribution in [2.75, 3.05) is 6.61 Å². The molecule has 0 bridgehead atoms. The lowest BCUT2D eigenvalue weighted by Crippen LogP contribution is -1.80. The topological polar surface area (TPSA) is 55.0 Å². The number of ether oxygens (including phenoxy) is 1. The molecular formula is C8H14N2O2. The highest BCUT2D eigenvalue weighted by atomic mass is 16.5. The molecule has 0 aliphatic heterocycles. The predicted octanol–water partition coefficient (Wildman–Crippen LogP) is 1.15. The summed E-state index contributed by atoms with van der Waals surface area (Å²) >= 11 is 0. The molecule has 1 heterocycles. The highest BCUT2D eigenvalue weighted by Crippen LogP contribution is 1.88. The summed E-state index contributed by atoms with van der Waals surface area (Å²) in [6.07, 6.45) is 4.57. The number of aryl methyl sites for hydroxylation is 1. The number of hydrogen-bond donors (Lipinski definition) is 1. The number of H-pyrrole nitrogens is 1. The summed E-state index contributed by atoms with van der Waals surface area (Å²) in [6.45, 7) is 4.76. The first-order valence-corrected chi connectivity index (χ1v) is 3.87. The van der Waals surface area contributed by atoms with E-state index in [9.17, 15) is 4.79 Å². The highest BCUT2D eigenvalue weighted by Gasteiger charge is 1.82. The quantitative estimate of drug-likeness (QED) is 0.692. The Hall–Kier alpha value is -1.32. The van der Waals surface area contributed by atoms with Crippen LogP contribution in [0.25, 0.3) is 0 Å². The predicted molar refractivity (Wildman–Crippen MR) is 45.7 cm³/mol. The van der Waals surface area contributed by atoms with Gasteiger partial charge in [0.2, 0.25) is 0 Å². The van der Waals surface area contributed by atoms with Crippen molar-refractivity contribution in [2.45, 2.75) is 20.3 Å². The van der Waals surface area contributed by atoms with Crippen molar-refractivity contribution in [3.63, 3.8) is 0 Å². The maximum absolute atomic E-state index is 9.18. The number of aromatic amines is 1. The van der Waals surface area contributed by atoms with Crippen LogP contribution >= 0.6 is 0 Å². The molecule has 0 saturated carbocycles. The largest absolute Gasteiger partial charge is 0.468 e. The van der Waals surface area contributed by atoms with E-state index in [0.717, 1.165) is 6.42 Å². The van der Waals surface area contributed by atoms with Crippen molar-refractivity contribution in [3.05, 3.63) is 18.2 Å². The van der Waals surface area contributed by atoms with Gasteiger partial charge < -0.3 is 9.72 Å². The maximum atomic E-state index is 9.18. The molecule has 1 N–H and O–H groups in total. The number of imidazole rings is 1. The van der Waals surface area contributed by atoms with Gasteiger partial charge in [-0.25, -0.2) is 4.98 Å². The lowest BCUT2D eigenvalue weighted by atomic mass is 10.4. The van der Waals surface area contributed by atoms with Crippen LogP contribution < -0.4 is 0 Å². The smallest absolute Gasteiger partial charge is 0.293 e. The van der Waals surface area contributed by atoms with Gasteiger partial charge in [-0.15, -0.1) is 0 Å². The summed E-state index contributed by atoms with van der Waals surface area (Å²) < 4.78 is 4.15. The molecule has 0 fully saturated rings. The van der Waals surface area contributed by atoms with Gasteiger partial charge in [-0.05, 0) is 13.3 Å².